The maximum Gasteiger partial charge on any atom is 0.182 e. The molecular formula is C21H23FN2OS. The first-order valence-corrected chi connectivity index (χ1v) is 9.95. The first kappa shape index (κ1) is 18.6. The van der Waals surface area contributed by atoms with Gasteiger partial charge in [0.2, 0.25) is 0 Å². The number of aryl methyl sites for hydroxylation is 1. The van der Waals surface area contributed by atoms with Crippen molar-refractivity contribution >= 4 is 28.4 Å². The number of halogens is 1. The molecule has 0 saturated heterocycles. The van der Waals surface area contributed by atoms with Gasteiger partial charge >= 0.3 is 0 Å². The van der Waals surface area contributed by atoms with E-state index in [9.17, 15) is 9.18 Å². The van der Waals surface area contributed by atoms with Crippen LogP contribution in [0.15, 0.2) is 53.5 Å². The van der Waals surface area contributed by atoms with E-state index in [0.29, 0.717) is 11.6 Å². The molecule has 0 bridgehead atoms. The lowest BCUT2D eigenvalue weighted by molar-refractivity contribution is 0.100. The number of aliphatic imine (C=N–C) groups is 1. The molecule has 136 valence electrons. The number of Topliss-reactive ketones (excluding diaryl/α,β-unsaturated/α-hetero) is 1. The van der Waals surface area contributed by atoms with E-state index >= 15 is 0 Å². The molecule has 0 spiro atoms. The van der Waals surface area contributed by atoms with Crippen molar-refractivity contribution in [2.45, 2.75) is 32.7 Å². The van der Waals surface area contributed by atoms with Crippen molar-refractivity contribution in [1.82, 2.24) is 0 Å². The molecule has 0 amide bonds. The highest BCUT2D eigenvalue weighted by molar-refractivity contribution is 8.14. The average molecular weight is 370 g/mol. The molecule has 1 aliphatic rings. The maximum atomic E-state index is 13.1. The van der Waals surface area contributed by atoms with Crippen molar-refractivity contribution in [2.75, 3.05) is 17.2 Å². The zero-order chi connectivity index (χ0) is 18.5. The summed E-state index contributed by atoms with van der Waals surface area (Å²) in [6.45, 7) is 4.44. The summed E-state index contributed by atoms with van der Waals surface area (Å²) < 4.78 is 13.1. The van der Waals surface area contributed by atoms with Gasteiger partial charge in [-0.25, -0.2) is 4.39 Å². The van der Waals surface area contributed by atoms with Crippen molar-refractivity contribution in [2.24, 2.45) is 4.99 Å². The molecule has 0 saturated carbocycles. The van der Waals surface area contributed by atoms with Gasteiger partial charge in [-0.1, -0.05) is 37.7 Å². The number of thioether (sulfide) groups is 1. The minimum atomic E-state index is -0.338. The molecule has 0 radical (unpaired) electrons. The fourth-order valence-corrected chi connectivity index (χ4v) is 4.01. The lowest BCUT2D eigenvalue weighted by atomic mass is 10.1. The number of hydrogen-bond donors (Lipinski definition) is 0. The average Bonchev–Trinajstić information content (AvgIpc) is 3.15. The Labute approximate surface area is 158 Å². The van der Waals surface area contributed by atoms with E-state index in [1.165, 1.54) is 29.8 Å². The van der Waals surface area contributed by atoms with Gasteiger partial charge < -0.3 is 4.90 Å². The largest absolute Gasteiger partial charge is 0.313 e. The van der Waals surface area contributed by atoms with Crippen LogP contribution in [0.5, 0.6) is 0 Å². The zero-order valence-corrected chi connectivity index (χ0v) is 15.9. The predicted molar refractivity (Wildman–Crippen MR) is 108 cm³/mol. The van der Waals surface area contributed by atoms with E-state index < -0.39 is 0 Å². The monoisotopic (exact) mass is 370 g/mol. The van der Waals surface area contributed by atoms with Gasteiger partial charge in [-0.05, 0) is 54.8 Å². The molecule has 1 aliphatic heterocycles. The molecule has 1 atom stereocenters. The molecule has 1 unspecified atom stereocenters. The van der Waals surface area contributed by atoms with Crippen molar-refractivity contribution < 1.29 is 9.18 Å². The van der Waals surface area contributed by atoms with Gasteiger partial charge in [0, 0.05) is 17.0 Å². The van der Waals surface area contributed by atoms with Gasteiger partial charge in [-0.2, -0.15) is 0 Å². The zero-order valence-electron chi connectivity index (χ0n) is 15.1. The normalized spacial score (nSPS) is 16.4. The molecule has 2 aromatic carbocycles. The molecular weight excluding hydrogens is 347 g/mol. The Hall–Kier alpha value is -2.14. The summed E-state index contributed by atoms with van der Waals surface area (Å²) in [7, 11) is 0. The van der Waals surface area contributed by atoms with Gasteiger partial charge in [0.15, 0.2) is 11.0 Å². The highest BCUT2D eigenvalue weighted by Gasteiger charge is 2.25. The van der Waals surface area contributed by atoms with Crippen LogP contribution in [0.2, 0.25) is 0 Å². The van der Waals surface area contributed by atoms with E-state index in [1.54, 1.807) is 11.8 Å². The standard InChI is InChI=1S/C21H23FN2OS/c1-3-15-5-11-19(12-6-15)24(21-23-18(4-2)14-26-21)13-20(25)16-7-9-17(22)10-8-16/h5-12,18H,3-4,13-14H2,1-2H3. The van der Waals surface area contributed by atoms with Crippen LogP contribution in [0.3, 0.4) is 0 Å². The third kappa shape index (κ3) is 4.33. The summed E-state index contributed by atoms with van der Waals surface area (Å²) >= 11 is 1.69. The van der Waals surface area contributed by atoms with Crippen molar-refractivity contribution in [3.63, 3.8) is 0 Å². The number of nitrogens with zero attached hydrogens (tertiary/aromatic N) is 2. The van der Waals surface area contributed by atoms with Gasteiger partial charge in [0.05, 0.1) is 12.6 Å². The summed E-state index contributed by atoms with van der Waals surface area (Å²) in [5.41, 5.74) is 2.73. The van der Waals surface area contributed by atoms with Gasteiger partial charge in [0.25, 0.3) is 0 Å². The third-order valence-electron chi connectivity index (χ3n) is 4.52. The van der Waals surface area contributed by atoms with E-state index in [-0.39, 0.29) is 18.1 Å². The SMILES string of the molecule is CCc1ccc(N(CC(=O)c2ccc(F)cc2)C2=NC(CC)CS2)cc1. The minimum absolute atomic E-state index is 0.0483. The van der Waals surface area contributed by atoms with E-state index in [4.69, 9.17) is 4.99 Å². The fraction of sp³-hybridized carbons (Fsp3) is 0.333. The van der Waals surface area contributed by atoms with Crippen LogP contribution in [0.25, 0.3) is 0 Å². The number of carbonyl (C=O) groups is 1. The number of carbonyl (C=O) groups excluding carboxylic acids is 1. The first-order chi connectivity index (χ1) is 12.6. The van der Waals surface area contributed by atoms with Crippen molar-refractivity contribution in [3.05, 3.63) is 65.5 Å². The summed E-state index contributed by atoms with van der Waals surface area (Å²) in [4.78, 5) is 19.5. The summed E-state index contributed by atoms with van der Waals surface area (Å²) in [6.07, 6.45) is 1.97. The van der Waals surface area contributed by atoms with Crippen LogP contribution < -0.4 is 4.90 Å². The molecule has 3 nitrogen and oxygen atoms in total. The highest BCUT2D eigenvalue weighted by Crippen LogP contribution is 2.27. The Kier molecular flexibility index (Phi) is 6.09. The number of amidine groups is 1. The number of anilines is 1. The number of hydrogen-bond acceptors (Lipinski definition) is 4. The Bertz CT molecular complexity index is 787. The molecule has 26 heavy (non-hydrogen) atoms. The summed E-state index contributed by atoms with van der Waals surface area (Å²) in [6, 6.07) is 14.3. The topological polar surface area (TPSA) is 32.7 Å². The second kappa shape index (κ2) is 8.49. The van der Waals surface area contributed by atoms with Gasteiger partial charge in [-0.15, -0.1) is 0 Å². The fourth-order valence-electron chi connectivity index (χ4n) is 2.81. The van der Waals surface area contributed by atoms with E-state index in [2.05, 4.69) is 26.0 Å². The van der Waals surface area contributed by atoms with E-state index in [1.807, 2.05) is 17.0 Å². The molecule has 2 aromatic rings. The lowest BCUT2D eigenvalue weighted by Gasteiger charge is -2.23. The Balaban J connectivity index is 1.87. The quantitative estimate of drug-likeness (QED) is 0.674. The van der Waals surface area contributed by atoms with Crippen LogP contribution >= 0.6 is 11.8 Å². The van der Waals surface area contributed by atoms with Crippen LogP contribution in [0.4, 0.5) is 10.1 Å². The first-order valence-electron chi connectivity index (χ1n) is 8.96. The molecule has 5 heteroatoms. The molecule has 0 aromatic heterocycles. The van der Waals surface area contributed by atoms with Crippen LogP contribution in [-0.4, -0.2) is 29.3 Å². The lowest BCUT2D eigenvalue weighted by Crippen LogP contribution is -2.33. The molecule has 3 rings (SSSR count). The molecule has 0 aliphatic carbocycles. The maximum absolute atomic E-state index is 13.1. The van der Waals surface area contributed by atoms with Crippen LogP contribution in [-0.2, 0) is 6.42 Å². The number of ketones is 1. The van der Waals surface area contributed by atoms with E-state index in [0.717, 1.165) is 29.4 Å². The molecule has 1 heterocycles. The second-order valence-corrected chi connectivity index (χ2v) is 7.31. The van der Waals surface area contributed by atoms with Gasteiger partial charge in [-0.3, -0.25) is 9.79 Å². The molecule has 0 N–H and O–H groups in total. The van der Waals surface area contributed by atoms with Gasteiger partial charge in [0.1, 0.15) is 5.82 Å². The molecule has 0 fully saturated rings. The Morgan fingerprint density at radius 1 is 1.15 bits per heavy atom. The predicted octanol–water partition coefficient (Wildman–Crippen LogP) is 4.96. The van der Waals surface area contributed by atoms with Crippen LogP contribution in [0, 0.1) is 5.82 Å². The minimum Gasteiger partial charge on any atom is -0.313 e. The number of rotatable bonds is 6. The van der Waals surface area contributed by atoms with Crippen LogP contribution in [0.1, 0.15) is 36.2 Å². The number of benzene rings is 2. The highest BCUT2D eigenvalue weighted by atomic mass is 32.2. The third-order valence-corrected chi connectivity index (χ3v) is 5.66. The smallest absolute Gasteiger partial charge is 0.182 e. The summed E-state index contributed by atoms with van der Waals surface area (Å²) in [5.74, 6) is 0.558. The Morgan fingerprint density at radius 2 is 1.85 bits per heavy atom. The van der Waals surface area contributed by atoms with Crippen molar-refractivity contribution in [1.29, 1.82) is 0 Å². The Morgan fingerprint density at radius 3 is 2.42 bits per heavy atom. The van der Waals surface area contributed by atoms with Crippen molar-refractivity contribution in [3.8, 4) is 0 Å². The second-order valence-electron chi connectivity index (χ2n) is 6.32. The summed E-state index contributed by atoms with van der Waals surface area (Å²) in [5, 5.41) is 0.886.